The quantitative estimate of drug-likeness (QED) is 0.470. The first kappa shape index (κ1) is 16.6. The van der Waals surface area contributed by atoms with Crippen molar-refractivity contribution in [1.29, 1.82) is 0 Å². The number of hydrogen-bond donors (Lipinski definition) is 2. The van der Waals surface area contributed by atoms with Gasteiger partial charge in [0.1, 0.15) is 0 Å². The number of nitrogens with zero attached hydrogens (tertiary/aromatic N) is 1. The minimum absolute atomic E-state index is 0.0872. The van der Waals surface area contributed by atoms with Crippen molar-refractivity contribution in [2.24, 2.45) is 5.92 Å². The SMILES string of the molecule is Cc1c(C(=O)NCCNC(=O)C(C)C)cccc1[N+](=O)[O-]. The van der Waals surface area contributed by atoms with Crippen LogP contribution in [0.5, 0.6) is 0 Å². The Morgan fingerprint density at radius 2 is 1.86 bits per heavy atom. The largest absolute Gasteiger partial charge is 0.354 e. The molecule has 1 rings (SSSR count). The van der Waals surface area contributed by atoms with Crippen LogP contribution in [0.15, 0.2) is 18.2 Å². The van der Waals surface area contributed by atoms with Crippen LogP contribution in [0.2, 0.25) is 0 Å². The lowest BCUT2D eigenvalue weighted by molar-refractivity contribution is -0.385. The monoisotopic (exact) mass is 293 g/mol. The van der Waals surface area contributed by atoms with Crippen LogP contribution in [0.1, 0.15) is 29.8 Å². The van der Waals surface area contributed by atoms with E-state index in [1.165, 1.54) is 25.1 Å². The molecule has 2 amide bonds. The molecule has 0 heterocycles. The van der Waals surface area contributed by atoms with E-state index in [2.05, 4.69) is 10.6 Å². The highest BCUT2D eigenvalue weighted by molar-refractivity contribution is 5.96. The Morgan fingerprint density at radius 1 is 1.24 bits per heavy atom. The standard InChI is InChI=1S/C14H19N3O4/c1-9(2)13(18)15-7-8-16-14(19)11-5-4-6-12(10(11)3)17(20)21/h4-6,9H,7-8H2,1-3H3,(H,15,18)(H,16,19). The minimum Gasteiger partial charge on any atom is -0.354 e. The van der Waals surface area contributed by atoms with E-state index >= 15 is 0 Å². The molecule has 0 spiro atoms. The van der Waals surface area contributed by atoms with Gasteiger partial charge >= 0.3 is 0 Å². The summed E-state index contributed by atoms with van der Waals surface area (Å²) < 4.78 is 0. The fraction of sp³-hybridized carbons (Fsp3) is 0.429. The van der Waals surface area contributed by atoms with Crippen molar-refractivity contribution < 1.29 is 14.5 Å². The maximum atomic E-state index is 12.0. The Morgan fingerprint density at radius 3 is 2.43 bits per heavy atom. The summed E-state index contributed by atoms with van der Waals surface area (Å²) >= 11 is 0. The summed E-state index contributed by atoms with van der Waals surface area (Å²) in [6, 6.07) is 4.36. The fourth-order valence-corrected chi connectivity index (χ4v) is 1.73. The zero-order valence-electron chi connectivity index (χ0n) is 12.3. The van der Waals surface area contributed by atoms with Crippen LogP contribution in [-0.4, -0.2) is 29.8 Å². The topological polar surface area (TPSA) is 101 Å². The maximum Gasteiger partial charge on any atom is 0.273 e. The van der Waals surface area contributed by atoms with Crippen LogP contribution in [0.3, 0.4) is 0 Å². The Labute approximate surface area is 122 Å². The number of carbonyl (C=O) groups excluding carboxylic acids is 2. The first-order chi connectivity index (χ1) is 9.84. The highest BCUT2D eigenvalue weighted by atomic mass is 16.6. The van der Waals surface area contributed by atoms with Crippen LogP contribution < -0.4 is 10.6 Å². The molecule has 1 aromatic rings. The number of nitro benzene ring substituents is 1. The van der Waals surface area contributed by atoms with Gasteiger partial charge in [-0.3, -0.25) is 19.7 Å². The van der Waals surface area contributed by atoms with E-state index < -0.39 is 10.8 Å². The summed E-state index contributed by atoms with van der Waals surface area (Å²) in [5.74, 6) is -0.592. The molecule has 1 aromatic carbocycles. The molecule has 0 saturated heterocycles. The molecule has 0 unspecified atom stereocenters. The lowest BCUT2D eigenvalue weighted by atomic mass is 10.1. The zero-order chi connectivity index (χ0) is 16.0. The number of nitrogens with one attached hydrogen (secondary N) is 2. The van der Waals surface area contributed by atoms with Crippen molar-refractivity contribution in [3.8, 4) is 0 Å². The van der Waals surface area contributed by atoms with Gasteiger partial charge in [-0.25, -0.2) is 0 Å². The van der Waals surface area contributed by atoms with E-state index in [4.69, 9.17) is 0 Å². The molecule has 0 aromatic heterocycles. The van der Waals surface area contributed by atoms with Crippen molar-refractivity contribution in [2.45, 2.75) is 20.8 Å². The van der Waals surface area contributed by atoms with Crippen molar-refractivity contribution in [2.75, 3.05) is 13.1 Å². The molecule has 0 aliphatic rings. The van der Waals surface area contributed by atoms with Gasteiger partial charge in [0.05, 0.1) is 4.92 Å². The van der Waals surface area contributed by atoms with E-state index in [0.29, 0.717) is 12.1 Å². The number of hydrogen-bond acceptors (Lipinski definition) is 4. The van der Waals surface area contributed by atoms with Gasteiger partial charge in [0.2, 0.25) is 5.91 Å². The lowest BCUT2D eigenvalue weighted by Crippen LogP contribution is -2.36. The molecule has 7 heteroatoms. The second kappa shape index (κ2) is 7.37. The van der Waals surface area contributed by atoms with Gasteiger partial charge < -0.3 is 10.6 Å². The van der Waals surface area contributed by atoms with E-state index in [-0.39, 0.29) is 29.6 Å². The molecule has 0 aliphatic carbocycles. The third-order valence-corrected chi connectivity index (χ3v) is 2.98. The van der Waals surface area contributed by atoms with E-state index in [9.17, 15) is 19.7 Å². The van der Waals surface area contributed by atoms with Crippen molar-refractivity contribution in [3.05, 3.63) is 39.4 Å². The maximum absolute atomic E-state index is 12.0. The Balaban J connectivity index is 2.59. The number of rotatable bonds is 6. The highest BCUT2D eigenvalue weighted by Gasteiger charge is 2.17. The van der Waals surface area contributed by atoms with Crippen LogP contribution in [0.25, 0.3) is 0 Å². The molecule has 0 saturated carbocycles. The van der Waals surface area contributed by atoms with Crippen LogP contribution in [0, 0.1) is 23.0 Å². The second-order valence-electron chi connectivity index (χ2n) is 4.91. The summed E-state index contributed by atoms with van der Waals surface area (Å²) in [6.07, 6.45) is 0. The normalized spacial score (nSPS) is 10.3. The molecule has 0 atom stereocenters. The third-order valence-electron chi connectivity index (χ3n) is 2.98. The molecule has 0 radical (unpaired) electrons. The number of nitro groups is 1. The number of amides is 2. The van der Waals surface area contributed by atoms with E-state index in [1.54, 1.807) is 13.8 Å². The average Bonchev–Trinajstić information content (AvgIpc) is 2.42. The Bertz CT molecular complexity index is 555. The molecule has 114 valence electrons. The molecular weight excluding hydrogens is 274 g/mol. The second-order valence-corrected chi connectivity index (χ2v) is 4.91. The smallest absolute Gasteiger partial charge is 0.273 e. The molecule has 21 heavy (non-hydrogen) atoms. The van der Waals surface area contributed by atoms with Crippen LogP contribution in [0.4, 0.5) is 5.69 Å². The molecule has 0 bridgehead atoms. The summed E-state index contributed by atoms with van der Waals surface area (Å²) in [5.41, 5.74) is 0.501. The van der Waals surface area contributed by atoms with Gasteiger partial charge in [-0.1, -0.05) is 19.9 Å². The fourth-order valence-electron chi connectivity index (χ4n) is 1.73. The molecule has 7 nitrogen and oxygen atoms in total. The molecule has 0 aliphatic heterocycles. The molecule has 2 N–H and O–H groups in total. The van der Waals surface area contributed by atoms with Gasteiger partial charge in [0.15, 0.2) is 0 Å². The van der Waals surface area contributed by atoms with Gasteiger partial charge in [-0.05, 0) is 13.0 Å². The van der Waals surface area contributed by atoms with Crippen molar-refractivity contribution in [3.63, 3.8) is 0 Å². The predicted molar refractivity (Wildman–Crippen MR) is 78.0 cm³/mol. The van der Waals surface area contributed by atoms with Gasteiger partial charge in [0, 0.05) is 36.2 Å². The number of carbonyl (C=O) groups is 2. The first-order valence-electron chi connectivity index (χ1n) is 6.64. The Kier molecular flexibility index (Phi) is 5.83. The Hall–Kier alpha value is -2.44. The van der Waals surface area contributed by atoms with Crippen molar-refractivity contribution >= 4 is 17.5 Å². The third kappa shape index (κ3) is 4.55. The molecule has 0 fully saturated rings. The summed E-state index contributed by atoms with van der Waals surface area (Å²) in [5, 5.41) is 16.1. The van der Waals surface area contributed by atoms with Crippen molar-refractivity contribution in [1.82, 2.24) is 10.6 Å². The van der Waals surface area contributed by atoms with Gasteiger partial charge in [0.25, 0.3) is 11.6 Å². The van der Waals surface area contributed by atoms with E-state index in [0.717, 1.165) is 0 Å². The minimum atomic E-state index is -0.519. The summed E-state index contributed by atoms with van der Waals surface area (Å²) in [4.78, 5) is 33.6. The summed E-state index contributed by atoms with van der Waals surface area (Å²) in [6.45, 7) is 5.67. The highest BCUT2D eigenvalue weighted by Crippen LogP contribution is 2.20. The van der Waals surface area contributed by atoms with Gasteiger partial charge in [-0.15, -0.1) is 0 Å². The molecular formula is C14H19N3O4. The van der Waals surface area contributed by atoms with E-state index in [1.807, 2.05) is 0 Å². The summed E-state index contributed by atoms with van der Waals surface area (Å²) in [7, 11) is 0. The average molecular weight is 293 g/mol. The zero-order valence-corrected chi connectivity index (χ0v) is 12.3. The van der Waals surface area contributed by atoms with Crippen LogP contribution in [-0.2, 0) is 4.79 Å². The van der Waals surface area contributed by atoms with Crippen LogP contribution >= 0.6 is 0 Å². The predicted octanol–water partition coefficient (Wildman–Crippen LogP) is 1.41. The van der Waals surface area contributed by atoms with Gasteiger partial charge in [-0.2, -0.15) is 0 Å². The number of benzene rings is 1. The lowest BCUT2D eigenvalue weighted by Gasteiger charge is -2.10. The first-order valence-corrected chi connectivity index (χ1v) is 6.64.